The smallest absolute Gasteiger partial charge is 0.361 e. The monoisotopic (exact) mass is 341 g/mol. The van der Waals surface area contributed by atoms with Gasteiger partial charge in [-0.2, -0.15) is 0 Å². The molecule has 2 aromatic rings. The summed E-state index contributed by atoms with van der Waals surface area (Å²) < 4.78 is 6.37. The van der Waals surface area contributed by atoms with Gasteiger partial charge in [0.1, 0.15) is 0 Å². The Morgan fingerprint density at radius 3 is 2.50 bits per heavy atom. The summed E-state index contributed by atoms with van der Waals surface area (Å²) in [7, 11) is 0. The minimum atomic E-state index is -0.0765. The van der Waals surface area contributed by atoms with E-state index in [-0.39, 0.29) is 6.92 Å². The Balaban J connectivity index is 1.82. The maximum Gasteiger partial charge on any atom is 0.361 e. The minimum Gasteiger partial charge on any atom is -0.425 e. The first-order valence-electron chi connectivity index (χ1n) is 8.81. The number of piperidine rings is 1. The van der Waals surface area contributed by atoms with Crippen LogP contribution < -0.4 is 16.2 Å². The van der Waals surface area contributed by atoms with Gasteiger partial charge in [0.15, 0.2) is 0 Å². The SMILES string of the molecule is Cc1ccc(B(OCC2CCCCN2)c2ccc(C)c(Cl)c2)cc1. The van der Waals surface area contributed by atoms with Crippen LogP contribution in [0.3, 0.4) is 0 Å². The zero-order valence-corrected chi connectivity index (χ0v) is 15.3. The van der Waals surface area contributed by atoms with E-state index in [0.717, 1.165) is 29.2 Å². The highest BCUT2D eigenvalue weighted by Gasteiger charge is 2.24. The number of nitrogens with one attached hydrogen (secondary N) is 1. The van der Waals surface area contributed by atoms with E-state index in [1.165, 1.54) is 30.3 Å². The van der Waals surface area contributed by atoms with Crippen LogP contribution in [-0.2, 0) is 4.65 Å². The quantitative estimate of drug-likeness (QED) is 0.843. The van der Waals surface area contributed by atoms with Crippen LogP contribution in [0, 0.1) is 13.8 Å². The average Bonchev–Trinajstić information content (AvgIpc) is 2.60. The molecule has 1 aliphatic heterocycles. The van der Waals surface area contributed by atoms with E-state index < -0.39 is 0 Å². The van der Waals surface area contributed by atoms with Crippen LogP contribution in [0.15, 0.2) is 42.5 Å². The Morgan fingerprint density at radius 1 is 1.08 bits per heavy atom. The molecule has 3 rings (SSSR count). The van der Waals surface area contributed by atoms with Crippen LogP contribution in [0.2, 0.25) is 5.02 Å². The van der Waals surface area contributed by atoms with Crippen molar-refractivity contribution in [2.75, 3.05) is 13.2 Å². The molecule has 1 atom stereocenters. The van der Waals surface area contributed by atoms with E-state index >= 15 is 0 Å². The molecule has 126 valence electrons. The zero-order chi connectivity index (χ0) is 16.9. The van der Waals surface area contributed by atoms with Gasteiger partial charge in [-0.1, -0.05) is 60.0 Å². The molecule has 2 aromatic carbocycles. The maximum atomic E-state index is 6.37. The van der Waals surface area contributed by atoms with Gasteiger partial charge in [0.25, 0.3) is 0 Å². The van der Waals surface area contributed by atoms with Gasteiger partial charge in [0.05, 0.1) is 0 Å². The van der Waals surface area contributed by atoms with Crippen molar-refractivity contribution in [3.8, 4) is 0 Å². The van der Waals surface area contributed by atoms with Crippen molar-refractivity contribution in [1.82, 2.24) is 5.32 Å². The standard InChI is InChI=1S/C20H25BClNO/c1-15-6-9-17(10-7-15)21(18-11-8-16(2)20(22)13-18)24-14-19-5-3-4-12-23-19/h6-11,13,19,23H,3-5,12,14H2,1-2H3. The maximum absolute atomic E-state index is 6.37. The molecular formula is C20H25BClNO. The fourth-order valence-corrected chi connectivity index (χ4v) is 3.37. The number of benzene rings is 2. The summed E-state index contributed by atoms with van der Waals surface area (Å²) in [6.07, 6.45) is 3.74. The molecule has 1 aliphatic rings. The fraction of sp³-hybridized carbons (Fsp3) is 0.400. The van der Waals surface area contributed by atoms with E-state index in [1.54, 1.807) is 0 Å². The lowest BCUT2D eigenvalue weighted by molar-refractivity contribution is 0.246. The molecule has 0 saturated carbocycles. The van der Waals surface area contributed by atoms with Gasteiger partial charge in [0.2, 0.25) is 0 Å². The Kier molecular flexibility index (Phi) is 5.99. The lowest BCUT2D eigenvalue weighted by atomic mass is 9.55. The largest absolute Gasteiger partial charge is 0.425 e. The molecule has 1 saturated heterocycles. The molecule has 2 nitrogen and oxygen atoms in total. The molecule has 0 spiro atoms. The summed E-state index contributed by atoms with van der Waals surface area (Å²) in [5.41, 5.74) is 4.65. The van der Waals surface area contributed by atoms with Crippen LogP contribution >= 0.6 is 11.6 Å². The summed E-state index contributed by atoms with van der Waals surface area (Å²) in [5, 5.41) is 4.35. The van der Waals surface area contributed by atoms with Gasteiger partial charge in [-0.3, -0.25) is 0 Å². The molecule has 0 bridgehead atoms. The Labute approximate surface area is 150 Å². The van der Waals surface area contributed by atoms with E-state index in [2.05, 4.69) is 48.6 Å². The Bertz CT molecular complexity index is 668. The Hall–Kier alpha value is -1.29. The molecule has 0 aliphatic carbocycles. The second kappa shape index (κ2) is 8.20. The van der Waals surface area contributed by atoms with Gasteiger partial charge in [-0.15, -0.1) is 0 Å². The molecular weight excluding hydrogens is 316 g/mol. The van der Waals surface area contributed by atoms with Gasteiger partial charge in [-0.25, -0.2) is 0 Å². The Morgan fingerprint density at radius 2 is 1.83 bits per heavy atom. The lowest BCUT2D eigenvalue weighted by Crippen LogP contribution is -2.48. The molecule has 4 heteroatoms. The van der Waals surface area contributed by atoms with Crippen LogP contribution in [0.1, 0.15) is 30.4 Å². The normalized spacial score (nSPS) is 17.7. The molecule has 0 aromatic heterocycles. The van der Waals surface area contributed by atoms with Crippen molar-refractivity contribution < 1.29 is 4.65 Å². The molecule has 1 fully saturated rings. The summed E-state index contributed by atoms with van der Waals surface area (Å²) in [4.78, 5) is 0. The number of hydrogen-bond donors (Lipinski definition) is 1. The minimum absolute atomic E-state index is 0.0765. The van der Waals surface area contributed by atoms with E-state index in [4.69, 9.17) is 16.3 Å². The third-order valence-electron chi connectivity index (χ3n) is 4.76. The van der Waals surface area contributed by atoms with Crippen molar-refractivity contribution in [2.24, 2.45) is 0 Å². The van der Waals surface area contributed by atoms with E-state index in [0.29, 0.717) is 6.04 Å². The molecule has 24 heavy (non-hydrogen) atoms. The number of rotatable bonds is 5. The first-order valence-corrected chi connectivity index (χ1v) is 9.19. The predicted molar refractivity (Wildman–Crippen MR) is 104 cm³/mol. The molecule has 1 unspecified atom stereocenters. The van der Waals surface area contributed by atoms with Gasteiger partial charge >= 0.3 is 6.92 Å². The number of hydrogen-bond acceptors (Lipinski definition) is 2. The fourth-order valence-electron chi connectivity index (χ4n) is 3.18. The van der Waals surface area contributed by atoms with Crippen molar-refractivity contribution in [3.63, 3.8) is 0 Å². The predicted octanol–water partition coefficient (Wildman–Crippen LogP) is 3.22. The van der Waals surface area contributed by atoms with Gasteiger partial charge in [0, 0.05) is 17.7 Å². The van der Waals surface area contributed by atoms with Gasteiger partial charge < -0.3 is 9.97 Å². The van der Waals surface area contributed by atoms with Gasteiger partial charge in [-0.05, 0) is 55.8 Å². The second-order valence-corrected chi connectivity index (χ2v) is 7.19. The molecule has 1 heterocycles. The highest BCUT2D eigenvalue weighted by molar-refractivity contribution is 6.80. The summed E-state index contributed by atoms with van der Waals surface area (Å²) >= 11 is 6.35. The molecule has 0 radical (unpaired) electrons. The van der Waals surface area contributed by atoms with Crippen LogP contribution in [-0.4, -0.2) is 26.1 Å². The average molecular weight is 342 g/mol. The third-order valence-corrected chi connectivity index (χ3v) is 5.16. The topological polar surface area (TPSA) is 21.3 Å². The van der Waals surface area contributed by atoms with Crippen molar-refractivity contribution in [3.05, 3.63) is 58.6 Å². The summed E-state index contributed by atoms with van der Waals surface area (Å²) in [6.45, 7) is 5.88. The third kappa shape index (κ3) is 4.41. The first kappa shape index (κ1) is 17.5. The van der Waals surface area contributed by atoms with Crippen molar-refractivity contribution in [2.45, 2.75) is 39.2 Å². The zero-order valence-electron chi connectivity index (χ0n) is 14.5. The van der Waals surface area contributed by atoms with E-state index in [9.17, 15) is 0 Å². The van der Waals surface area contributed by atoms with Crippen LogP contribution in [0.4, 0.5) is 0 Å². The number of halogens is 1. The van der Waals surface area contributed by atoms with E-state index in [1.807, 2.05) is 13.0 Å². The summed E-state index contributed by atoms with van der Waals surface area (Å²) in [5.74, 6) is 0. The highest BCUT2D eigenvalue weighted by Crippen LogP contribution is 2.13. The first-order chi connectivity index (χ1) is 11.6. The molecule has 0 amide bonds. The number of aryl methyl sites for hydroxylation is 2. The second-order valence-electron chi connectivity index (χ2n) is 6.78. The van der Waals surface area contributed by atoms with Crippen LogP contribution in [0.25, 0.3) is 0 Å². The molecule has 1 N–H and O–H groups in total. The van der Waals surface area contributed by atoms with Crippen LogP contribution in [0.5, 0.6) is 0 Å². The summed E-state index contributed by atoms with van der Waals surface area (Å²) in [6, 6.07) is 15.3. The van der Waals surface area contributed by atoms with Crippen molar-refractivity contribution in [1.29, 1.82) is 0 Å². The highest BCUT2D eigenvalue weighted by atomic mass is 35.5. The lowest BCUT2D eigenvalue weighted by Gasteiger charge is -2.25. The van der Waals surface area contributed by atoms with Crippen molar-refractivity contribution >= 4 is 29.4 Å².